The molecule has 1 aliphatic heterocycles. The topological polar surface area (TPSA) is 57.3 Å². The molecule has 0 saturated heterocycles. The van der Waals surface area contributed by atoms with Crippen molar-refractivity contribution in [3.05, 3.63) is 102 Å². The van der Waals surface area contributed by atoms with Crippen LogP contribution in [0.1, 0.15) is 36.5 Å². The summed E-state index contributed by atoms with van der Waals surface area (Å²) in [5.41, 5.74) is 5.36. The molecule has 0 spiro atoms. The standard InChI is InChI=1S/C14H13NO.C8H9N.C5H9N/c16-11-13-8-6-12(7-9-13)10-15-14-4-2-1-3-5-14;1-9-7-8-5-3-2-4-6-8;1-5-3-2-4-6-5/h1-10,16H,11H2;2-7H,1H3;2-4H2,1H3. The molecule has 0 unspecified atom stereocenters. The summed E-state index contributed by atoms with van der Waals surface area (Å²) in [6.07, 6.45) is 6.17. The van der Waals surface area contributed by atoms with Gasteiger partial charge in [-0.2, -0.15) is 0 Å². The van der Waals surface area contributed by atoms with E-state index in [0.717, 1.165) is 28.9 Å². The van der Waals surface area contributed by atoms with Gasteiger partial charge in [0.25, 0.3) is 0 Å². The second-order valence-electron chi connectivity index (χ2n) is 7.01. The fourth-order valence-electron chi connectivity index (χ4n) is 2.74. The smallest absolute Gasteiger partial charge is 0.0681 e. The van der Waals surface area contributed by atoms with Crippen LogP contribution in [0.25, 0.3) is 0 Å². The molecule has 0 aliphatic carbocycles. The minimum atomic E-state index is 0.0795. The highest BCUT2D eigenvalue weighted by Gasteiger charge is 1.96. The van der Waals surface area contributed by atoms with Crippen LogP contribution in [0.2, 0.25) is 0 Å². The number of aliphatic hydroxyl groups excluding tert-OH is 1. The Labute approximate surface area is 185 Å². The summed E-state index contributed by atoms with van der Waals surface area (Å²) in [4.78, 5) is 12.4. The van der Waals surface area contributed by atoms with Gasteiger partial charge in [0.1, 0.15) is 0 Å². The van der Waals surface area contributed by atoms with Gasteiger partial charge in [-0.1, -0.05) is 72.8 Å². The Morgan fingerprint density at radius 1 is 0.839 bits per heavy atom. The van der Waals surface area contributed by atoms with Crippen LogP contribution in [0.3, 0.4) is 0 Å². The van der Waals surface area contributed by atoms with Gasteiger partial charge >= 0.3 is 0 Å². The molecule has 0 aromatic heterocycles. The Balaban J connectivity index is 0.000000190. The molecule has 160 valence electrons. The zero-order valence-electron chi connectivity index (χ0n) is 18.4. The third-order valence-corrected chi connectivity index (χ3v) is 4.44. The summed E-state index contributed by atoms with van der Waals surface area (Å²) < 4.78 is 0. The fraction of sp³-hybridized carbons (Fsp3) is 0.222. The van der Waals surface area contributed by atoms with E-state index < -0.39 is 0 Å². The minimum absolute atomic E-state index is 0.0795. The molecule has 31 heavy (non-hydrogen) atoms. The molecule has 0 fully saturated rings. The molecule has 3 aromatic carbocycles. The SMILES string of the molecule is CC1=NCCC1.CN=Cc1ccccc1.OCc1ccc(C=Nc2ccccc2)cc1. The van der Waals surface area contributed by atoms with Crippen molar-refractivity contribution >= 4 is 23.8 Å². The van der Waals surface area contributed by atoms with Gasteiger partial charge in [0.2, 0.25) is 0 Å². The van der Waals surface area contributed by atoms with Gasteiger partial charge in [-0.15, -0.1) is 0 Å². The lowest BCUT2D eigenvalue weighted by Crippen LogP contribution is -1.84. The van der Waals surface area contributed by atoms with E-state index in [-0.39, 0.29) is 6.61 Å². The summed E-state index contributed by atoms with van der Waals surface area (Å²) in [7, 11) is 1.77. The van der Waals surface area contributed by atoms with E-state index in [2.05, 4.69) is 21.9 Å². The highest BCUT2D eigenvalue weighted by molar-refractivity contribution is 5.83. The lowest BCUT2D eigenvalue weighted by Gasteiger charge is -1.96. The number of para-hydroxylation sites is 1. The molecule has 0 atom stereocenters. The molecule has 1 N–H and O–H groups in total. The van der Waals surface area contributed by atoms with Crippen molar-refractivity contribution < 1.29 is 5.11 Å². The average Bonchev–Trinajstić information content (AvgIpc) is 3.31. The van der Waals surface area contributed by atoms with Crippen molar-refractivity contribution in [1.29, 1.82) is 0 Å². The fourth-order valence-corrected chi connectivity index (χ4v) is 2.74. The maximum atomic E-state index is 8.90. The minimum Gasteiger partial charge on any atom is -0.392 e. The van der Waals surface area contributed by atoms with Crippen LogP contribution in [0.4, 0.5) is 5.69 Å². The molecule has 1 heterocycles. The molecule has 4 heteroatoms. The van der Waals surface area contributed by atoms with Crippen molar-refractivity contribution in [2.75, 3.05) is 13.6 Å². The van der Waals surface area contributed by atoms with Crippen molar-refractivity contribution in [1.82, 2.24) is 0 Å². The number of nitrogens with zero attached hydrogens (tertiary/aromatic N) is 3. The van der Waals surface area contributed by atoms with Crippen LogP contribution in [0, 0.1) is 0 Å². The number of hydrogen-bond donors (Lipinski definition) is 1. The van der Waals surface area contributed by atoms with Crippen molar-refractivity contribution in [3.63, 3.8) is 0 Å². The Bertz CT molecular complexity index is 947. The maximum Gasteiger partial charge on any atom is 0.0681 e. The predicted octanol–water partition coefficient (Wildman–Crippen LogP) is 5.91. The van der Waals surface area contributed by atoms with Gasteiger partial charge in [0, 0.05) is 31.7 Å². The normalized spacial score (nSPS) is 12.7. The molecule has 4 rings (SSSR count). The predicted molar refractivity (Wildman–Crippen MR) is 133 cm³/mol. The summed E-state index contributed by atoms with van der Waals surface area (Å²) in [6, 6.07) is 27.5. The lowest BCUT2D eigenvalue weighted by molar-refractivity contribution is 0.282. The largest absolute Gasteiger partial charge is 0.392 e. The Morgan fingerprint density at radius 2 is 1.45 bits per heavy atom. The van der Waals surface area contributed by atoms with Crippen molar-refractivity contribution in [2.45, 2.75) is 26.4 Å². The van der Waals surface area contributed by atoms with E-state index >= 15 is 0 Å². The number of rotatable bonds is 4. The molecular weight excluding hydrogens is 382 g/mol. The van der Waals surface area contributed by atoms with E-state index in [4.69, 9.17) is 5.11 Å². The zero-order chi connectivity index (χ0) is 22.2. The van der Waals surface area contributed by atoms with Gasteiger partial charge in [-0.3, -0.25) is 15.0 Å². The number of aliphatic imine (C=N–C) groups is 3. The van der Waals surface area contributed by atoms with Crippen LogP contribution >= 0.6 is 0 Å². The zero-order valence-corrected chi connectivity index (χ0v) is 18.4. The van der Waals surface area contributed by atoms with Crippen molar-refractivity contribution in [3.8, 4) is 0 Å². The van der Waals surface area contributed by atoms with Gasteiger partial charge in [-0.25, -0.2) is 0 Å². The second-order valence-corrected chi connectivity index (χ2v) is 7.01. The molecule has 1 aliphatic rings. The van der Waals surface area contributed by atoms with E-state index in [9.17, 15) is 0 Å². The van der Waals surface area contributed by atoms with E-state index in [1.165, 1.54) is 18.6 Å². The maximum absolute atomic E-state index is 8.90. The van der Waals surface area contributed by atoms with E-state index in [1.807, 2.05) is 97.4 Å². The van der Waals surface area contributed by atoms with E-state index in [1.54, 1.807) is 7.05 Å². The number of aliphatic hydroxyl groups is 1. The molecule has 3 aromatic rings. The van der Waals surface area contributed by atoms with Crippen LogP contribution in [0.5, 0.6) is 0 Å². The van der Waals surface area contributed by atoms with Gasteiger partial charge in [0.15, 0.2) is 0 Å². The van der Waals surface area contributed by atoms with Crippen LogP contribution in [-0.4, -0.2) is 36.8 Å². The van der Waals surface area contributed by atoms with Crippen LogP contribution in [0.15, 0.2) is 99.9 Å². The molecule has 0 saturated carbocycles. The summed E-state index contributed by atoms with van der Waals surface area (Å²) in [5.74, 6) is 0. The first-order valence-corrected chi connectivity index (χ1v) is 10.5. The molecule has 0 bridgehead atoms. The quantitative estimate of drug-likeness (QED) is 0.531. The Morgan fingerprint density at radius 3 is 1.94 bits per heavy atom. The van der Waals surface area contributed by atoms with Crippen LogP contribution < -0.4 is 0 Å². The average molecular weight is 414 g/mol. The summed E-state index contributed by atoms with van der Waals surface area (Å²) in [6.45, 7) is 3.24. The highest BCUT2D eigenvalue weighted by Crippen LogP contribution is 2.10. The summed E-state index contributed by atoms with van der Waals surface area (Å²) >= 11 is 0. The first kappa shape index (κ1) is 23.9. The Kier molecular flexibility index (Phi) is 11.2. The first-order chi connectivity index (χ1) is 15.2. The molecule has 0 radical (unpaired) electrons. The highest BCUT2D eigenvalue weighted by atomic mass is 16.3. The molecule has 4 nitrogen and oxygen atoms in total. The number of benzene rings is 3. The van der Waals surface area contributed by atoms with Gasteiger partial charge in [0.05, 0.1) is 12.3 Å². The second kappa shape index (κ2) is 14.6. The third kappa shape index (κ3) is 10.3. The van der Waals surface area contributed by atoms with Crippen LogP contribution in [-0.2, 0) is 6.61 Å². The number of hydrogen-bond acceptors (Lipinski definition) is 4. The first-order valence-electron chi connectivity index (χ1n) is 10.5. The molecule has 0 amide bonds. The lowest BCUT2D eigenvalue weighted by atomic mass is 10.1. The summed E-state index contributed by atoms with van der Waals surface area (Å²) in [5, 5.41) is 8.90. The van der Waals surface area contributed by atoms with E-state index in [0.29, 0.717) is 0 Å². The molecular formula is C27H31N3O. The Hall–Kier alpha value is -3.37. The van der Waals surface area contributed by atoms with Gasteiger partial charge < -0.3 is 5.11 Å². The van der Waals surface area contributed by atoms with Crippen molar-refractivity contribution in [2.24, 2.45) is 15.0 Å². The van der Waals surface area contributed by atoms with Gasteiger partial charge in [-0.05, 0) is 48.6 Å². The monoisotopic (exact) mass is 413 g/mol. The third-order valence-electron chi connectivity index (χ3n) is 4.44.